The highest BCUT2D eigenvalue weighted by Gasteiger charge is 2.52. The minimum absolute atomic E-state index is 0.0598. The Kier molecular flexibility index (Phi) is 4.08. The van der Waals surface area contributed by atoms with E-state index in [1.165, 1.54) is 0 Å². The fourth-order valence-corrected chi connectivity index (χ4v) is 4.79. The number of hydrogen-bond acceptors (Lipinski definition) is 6. The van der Waals surface area contributed by atoms with Crippen LogP contribution in [0.3, 0.4) is 0 Å². The smallest absolute Gasteiger partial charge is 0.229 e. The van der Waals surface area contributed by atoms with E-state index in [-0.39, 0.29) is 18.4 Å². The third-order valence-corrected chi connectivity index (χ3v) is 6.65. The lowest BCUT2D eigenvalue weighted by Crippen LogP contribution is -2.45. The highest BCUT2D eigenvalue weighted by Crippen LogP contribution is 2.48. The number of hydrogen-bond donors (Lipinski definition) is 1. The predicted molar refractivity (Wildman–Crippen MR) is 113 cm³/mol. The molecule has 0 radical (unpaired) electrons. The first kappa shape index (κ1) is 18.7. The molecular weight excluding hydrogens is 401 g/mol. The summed E-state index contributed by atoms with van der Waals surface area (Å²) in [5.74, 6) is 0.694. The number of nitrogens with one attached hydrogen (secondary N) is 1. The number of morpholine rings is 1. The molecular formula is C21H24FN7O2. The van der Waals surface area contributed by atoms with Gasteiger partial charge in [-0.15, -0.1) is 0 Å². The van der Waals surface area contributed by atoms with Crippen LogP contribution in [0.2, 0.25) is 0 Å². The van der Waals surface area contributed by atoms with Gasteiger partial charge in [0.1, 0.15) is 34.9 Å². The molecule has 1 amide bonds. The fraction of sp³-hybridized carbons (Fsp3) is 0.524. The molecule has 9 nitrogen and oxygen atoms in total. The summed E-state index contributed by atoms with van der Waals surface area (Å²) in [5.41, 5.74) is 2.77. The number of nitrogens with zero attached hydrogens (tertiary/aromatic N) is 6. The molecule has 3 aromatic rings. The van der Waals surface area contributed by atoms with Crippen LogP contribution in [0.4, 0.5) is 15.9 Å². The van der Waals surface area contributed by atoms with Gasteiger partial charge in [-0.1, -0.05) is 0 Å². The van der Waals surface area contributed by atoms with E-state index in [9.17, 15) is 9.18 Å². The maximum Gasteiger partial charge on any atom is 0.229 e. The van der Waals surface area contributed by atoms with Gasteiger partial charge in [0.2, 0.25) is 5.91 Å². The van der Waals surface area contributed by atoms with Gasteiger partial charge < -0.3 is 14.5 Å². The van der Waals surface area contributed by atoms with Crippen LogP contribution < -0.4 is 9.80 Å². The molecule has 3 aliphatic rings. The van der Waals surface area contributed by atoms with Gasteiger partial charge in [-0.25, -0.2) is 9.37 Å². The molecule has 0 bridgehead atoms. The SMILES string of the molecule is C[C@@H]1COCCN1c1cc2c3c(n1)c(-c1cc[nH]n1)nn3CCC(=O)N2C1(CF)CC1. The van der Waals surface area contributed by atoms with Crippen molar-refractivity contribution in [1.82, 2.24) is 25.0 Å². The van der Waals surface area contributed by atoms with E-state index in [4.69, 9.17) is 14.8 Å². The van der Waals surface area contributed by atoms with E-state index in [1.54, 1.807) is 11.1 Å². The van der Waals surface area contributed by atoms with Crippen molar-refractivity contribution < 1.29 is 13.9 Å². The van der Waals surface area contributed by atoms with Gasteiger partial charge in [0, 0.05) is 25.2 Å². The molecule has 0 unspecified atom stereocenters. The predicted octanol–water partition coefficient (Wildman–Crippen LogP) is 2.29. The molecule has 1 saturated heterocycles. The van der Waals surface area contributed by atoms with Gasteiger partial charge in [0.05, 0.1) is 37.0 Å². The number of pyridine rings is 1. The van der Waals surface area contributed by atoms with Crippen molar-refractivity contribution in [1.29, 1.82) is 0 Å². The summed E-state index contributed by atoms with van der Waals surface area (Å²) in [6, 6.07) is 3.94. The molecule has 0 aromatic carbocycles. The first-order valence-corrected chi connectivity index (χ1v) is 10.8. The Morgan fingerprint density at radius 2 is 2.23 bits per heavy atom. The monoisotopic (exact) mass is 425 g/mol. The molecule has 0 spiro atoms. The Hall–Kier alpha value is -3.01. The van der Waals surface area contributed by atoms with E-state index in [1.807, 2.05) is 16.8 Å². The molecule has 2 aliphatic heterocycles. The lowest BCUT2D eigenvalue weighted by Gasteiger charge is -2.35. The molecule has 1 N–H and O–H groups in total. The molecule has 5 heterocycles. The summed E-state index contributed by atoms with van der Waals surface area (Å²) in [5, 5.41) is 11.9. The minimum atomic E-state index is -0.745. The summed E-state index contributed by atoms with van der Waals surface area (Å²) in [6.07, 6.45) is 3.36. The normalized spacial score (nSPS) is 22.8. The molecule has 31 heavy (non-hydrogen) atoms. The molecule has 162 valence electrons. The van der Waals surface area contributed by atoms with Crippen LogP contribution in [0.25, 0.3) is 22.4 Å². The number of aryl methyl sites for hydroxylation is 1. The van der Waals surface area contributed by atoms with Gasteiger partial charge in [-0.3, -0.25) is 14.6 Å². The topological polar surface area (TPSA) is 92.2 Å². The van der Waals surface area contributed by atoms with Crippen molar-refractivity contribution >= 4 is 28.4 Å². The second kappa shape index (κ2) is 6.74. The molecule has 1 saturated carbocycles. The van der Waals surface area contributed by atoms with Gasteiger partial charge in [0.15, 0.2) is 0 Å². The second-order valence-corrected chi connectivity index (χ2v) is 8.68. The van der Waals surface area contributed by atoms with Gasteiger partial charge in [-0.2, -0.15) is 10.2 Å². The van der Waals surface area contributed by atoms with Crippen LogP contribution in [-0.2, 0) is 16.1 Å². The number of aromatic nitrogens is 5. The Bertz CT molecular complexity index is 1150. The number of carbonyl (C=O) groups excluding carboxylic acids is 1. The van der Waals surface area contributed by atoms with Crippen LogP contribution in [0.1, 0.15) is 26.2 Å². The number of anilines is 2. The van der Waals surface area contributed by atoms with Crippen molar-refractivity contribution in [3.05, 3.63) is 18.3 Å². The van der Waals surface area contributed by atoms with Gasteiger partial charge >= 0.3 is 0 Å². The quantitative estimate of drug-likeness (QED) is 0.690. The number of amides is 1. The molecule has 6 rings (SSSR count). The van der Waals surface area contributed by atoms with Crippen LogP contribution in [0.15, 0.2) is 18.3 Å². The standard InChI is InChI=1S/C21H24FN7O2/c1-13-11-31-9-8-27(13)16-10-15-20-19(24-16)18(14-2-6-23-25-14)26-28(20)7-3-17(30)29(15)21(12-22)4-5-21/h2,6,10,13H,3-5,7-9,11-12H2,1H3,(H,23,25)/t13-/m1/s1. The number of rotatable bonds is 4. The number of ether oxygens (including phenoxy) is 1. The summed E-state index contributed by atoms with van der Waals surface area (Å²) in [4.78, 5) is 22.1. The summed E-state index contributed by atoms with van der Waals surface area (Å²) < 4.78 is 21.6. The minimum Gasteiger partial charge on any atom is -0.377 e. The van der Waals surface area contributed by atoms with Crippen molar-refractivity contribution in [2.24, 2.45) is 0 Å². The van der Waals surface area contributed by atoms with E-state index < -0.39 is 12.2 Å². The van der Waals surface area contributed by atoms with E-state index in [0.717, 1.165) is 11.3 Å². The zero-order valence-electron chi connectivity index (χ0n) is 17.3. The molecule has 2 fully saturated rings. The summed E-state index contributed by atoms with van der Waals surface area (Å²) in [7, 11) is 0. The average molecular weight is 425 g/mol. The third-order valence-electron chi connectivity index (χ3n) is 6.65. The molecule has 10 heteroatoms. The largest absolute Gasteiger partial charge is 0.377 e. The first-order valence-electron chi connectivity index (χ1n) is 10.8. The third kappa shape index (κ3) is 2.77. The van der Waals surface area contributed by atoms with E-state index >= 15 is 0 Å². The lowest BCUT2D eigenvalue weighted by molar-refractivity contribution is -0.119. The second-order valence-electron chi connectivity index (χ2n) is 8.68. The van der Waals surface area contributed by atoms with Gasteiger partial charge in [0.25, 0.3) is 0 Å². The highest BCUT2D eigenvalue weighted by molar-refractivity contribution is 6.07. The number of H-pyrrole nitrogens is 1. The maximum absolute atomic E-state index is 14.2. The van der Waals surface area contributed by atoms with Gasteiger partial charge in [-0.05, 0) is 25.8 Å². The highest BCUT2D eigenvalue weighted by atomic mass is 19.1. The Labute approximate surface area is 178 Å². The Morgan fingerprint density at radius 3 is 2.94 bits per heavy atom. The summed E-state index contributed by atoms with van der Waals surface area (Å²) in [6.45, 7) is 3.90. The van der Waals surface area contributed by atoms with Crippen LogP contribution in [0.5, 0.6) is 0 Å². The van der Waals surface area contributed by atoms with Crippen LogP contribution in [-0.4, -0.2) is 68.9 Å². The van der Waals surface area contributed by atoms with Crippen molar-refractivity contribution in [2.75, 3.05) is 36.2 Å². The van der Waals surface area contributed by atoms with E-state index in [0.29, 0.717) is 61.7 Å². The Balaban J connectivity index is 1.63. The maximum atomic E-state index is 14.2. The zero-order valence-corrected chi connectivity index (χ0v) is 17.3. The number of aromatic amines is 1. The van der Waals surface area contributed by atoms with Crippen molar-refractivity contribution in [2.45, 2.75) is 44.3 Å². The number of carbonyl (C=O) groups is 1. The number of halogens is 1. The van der Waals surface area contributed by atoms with Crippen LogP contribution >= 0.6 is 0 Å². The van der Waals surface area contributed by atoms with Crippen molar-refractivity contribution in [3.63, 3.8) is 0 Å². The van der Waals surface area contributed by atoms with E-state index in [2.05, 4.69) is 22.0 Å². The lowest BCUT2D eigenvalue weighted by atomic mass is 10.1. The molecule has 3 aromatic heterocycles. The molecule has 1 atom stereocenters. The first-order chi connectivity index (χ1) is 15.1. The Morgan fingerprint density at radius 1 is 1.35 bits per heavy atom. The average Bonchev–Trinajstić information content (AvgIpc) is 3.23. The zero-order chi connectivity index (χ0) is 21.2. The van der Waals surface area contributed by atoms with Crippen LogP contribution in [0, 0.1) is 0 Å². The summed E-state index contributed by atoms with van der Waals surface area (Å²) >= 11 is 0. The van der Waals surface area contributed by atoms with Crippen molar-refractivity contribution in [3.8, 4) is 11.4 Å². The number of alkyl halides is 1. The fourth-order valence-electron chi connectivity index (χ4n) is 4.79. The molecule has 1 aliphatic carbocycles.